The average Bonchev–Trinajstić information content (AvgIpc) is 2.80. The molecule has 1 heterocycles. The van der Waals surface area contributed by atoms with Gasteiger partial charge in [-0.1, -0.05) is 48.5 Å². The molecule has 2 unspecified atom stereocenters. The van der Waals surface area contributed by atoms with Gasteiger partial charge >= 0.3 is 5.97 Å². The van der Waals surface area contributed by atoms with Gasteiger partial charge in [0.25, 0.3) is 5.91 Å². The van der Waals surface area contributed by atoms with Gasteiger partial charge in [0, 0.05) is 13.1 Å². The van der Waals surface area contributed by atoms with Crippen molar-refractivity contribution in [2.75, 3.05) is 19.7 Å². The standard InChI is InChI=1S/C26H32N2O5/c1-18-9-7-10-19(2)24(18)33-20(3)26(31)28-15-14-27-25(30)22(28)17-23(29)32-16-8-13-21-11-5-4-6-12-21/h4-7,9-12,20,22H,8,13-17H2,1-3H3,(H,27,30). The largest absolute Gasteiger partial charge is 0.480 e. The fraction of sp³-hybridized carbons (Fsp3) is 0.423. The number of aryl methyl sites for hydroxylation is 3. The van der Waals surface area contributed by atoms with Gasteiger partial charge in [0.1, 0.15) is 11.8 Å². The summed E-state index contributed by atoms with van der Waals surface area (Å²) in [5, 5.41) is 2.74. The fourth-order valence-electron chi connectivity index (χ4n) is 3.95. The van der Waals surface area contributed by atoms with Crippen molar-refractivity contribution >= 4 is 17.8 Å². The molecule has 0 bridgehead atoms. The first-order valence-corrected chi connectivity index (χ1v) is 11.4. The van der Waals surface area contributed by atoms with Gasteiger partial charge in [-0.3, -0.25) is 14.4 Å². The first-order chi connectivity index (χ1) is 15.9. The molecule has 0 spiro atoms. The molecule has 2 aromatic rings. The summed E-state index contributed by atoms with van der Waals surface area (Å²) in [6.45, 7) is 6.43. The maximum absolute atomic E-state index is 13.1. The van der Waals surface area contributed by atoms with Crippen LogP contribution in [0, 0.1) is 13.8 Å². The predicted octanol–water partition coefficient (Wildman–Crippen LogP) is 2.96. The summed E-state index contributed by atoms with van der Waals surface area (Å²) in [6, 6.07) is 14.8. The van der Waals surface area contributed by atoms with Crippen molar-refractivity contribution in [3.8, 4) is 5.75 Å². The predicted molar refractivity (Wildman–Crippen MR) is 125 cm³/mol. The number of nitrogens with one attached hydrogen (secondary N) is 1. The van der Waals surface area contributed by atoms with Gasteiger partial charge in [0.15, 0.2) is 6.10 Å². The van der Waals surface area contributed by atoms with E-state index in [2.05, 4.69) is 5.32 Å². The van der Waals surface area contributed by atoms with Crippen LogP contribution in [0.15, 0.2) is 48.5 Å². The highest BCUT2D eigenvalue weighted by Gasteiger charge is 2.37. The van der Waals surface area contributed by atoms with Crippen LogP contribution in [0.25, 0.3) is 0 Å². The molecule has 1 saturated heterocycles. The number of carbonyl (C=O) groups excluding carboxylic acids is 3. The Morgan fingerprint density at radius 1 is 1.09 bits per heavy atom. The zero-order chi connectivity index (χ0) is 23.8. The SMILES string of the molecule is Cc1cccc(C)c1OC(C)C(=O)N1CCNC(=O)C1CC(=O)OCCCc1ccccc1. The second-order valence-electron chi connectivity index (χ2n) is 8.33. The third-order valence-electron chi connectivity index (χ3n) is 5.74. The summed E-state index contributed by atoms with van der Waals surface area (Å²) in [6.07, 6.45) is 0.519. The molecule has 176 valence electrons. The lowest BCUT2D eigenvalue weighted by Gasteiger charge is -2.36. The van der Waals surface area contributed by atoms with Crippen molar-refractivity contribution < 1.29 is 23.9 Å². The van der Waals surface area contributed by atoms with Crippen LogP contribution >= 0.6 is 0 Å². The number of para-hydroxylation sites is 1. The number of amides is 2. The van der Waals surface area contributed by atoms with E-state index in [0.29, 0.717) is 25.3 Å². The summed E-state index contributed by atoms with van der Waals surface area (Å²) in [5.41, 5.74) is 3.04. The first-order valence-electron chi connectivity index (χ1n) is 11.4. The Kier molecular flexibility index (Phi) is 8.46. The molecule has 1 N–H and O–H groups in total. The summed E-state index contributed by atoms with van der Waals surface area (Å²) in [4.78, 5) is 39.5. The monoisotopic (exact) mass is 452 g/mol. The van der Waals surface area contributed by atoms with Crippen LogP contribution in [0.5, 0.6) is 5.75 Å². The highest BCUT2D eigenvalue weighted by molar-refractivity contribution is 5.93. The number of benzene rings is 2. The molecule has 0 saturated carbocycles. The van der Waals surface area contributed by atoms with E-state index in [9.17, 15) is 14.4 Å². The summed E-state index contributed by atoms with van der Waals surface area (Å²) in [7, 11) is 0. The minimum absolute atomic E-state index is 0.182. The molecular formula is C26H32N2O5. The first kappa shape index (κ1) is 24.3. The van der Waals surface area contributed by atoms with Gasteiger partial charge in [-0.2, -0.15) is 0 Å². The molecule has 0 aliphatic carbocycles. The van der Waals surface area contributed by atoms with E-state index < -0.39 is 18.1 Å². The molecule has 3 rings (SSSR count). The molecule has 1 fully saturated rings. The highest BCUT2D eigenvalue weighted by atomic mass is 16.5. The third-order valence-corrected chi connectivity index (χ3v) is 5.74. The molecule has 1 aliphatic rings. The van der Waals surface area contributed by atoms with E-state index in [4.69, 9.17) is 9.47 Å². The van der Waals surface area contributed by atoms with Crippen molar-refractivity contribution in [2.45, 2.75) is 52.2 Å². The molecule has 1 aliphatic heterocycles. The van der Waals surface area contributed by atoms with Crippen molar-refractivity contribution in [3.63, 3.8) is 0 Å². The number of ether oxygens (including phenoxy) is 2. The van der Waals surface area contributed by atoms with Crippen LogP contribution in [0.4, 0.5) is 0 Å². The Hall–Kier alpha value is -3.35. The third kappa shape index (κ3) is 6.57. The normalized spacial score (nSPS) is 16.6. The van der Waals surface area contributed by atoms with E-state index in [0.717, 1.165) is 17.5 Å². The minimum atomic E-state index is -0.906. The lowest BCUT2D eigenvalue weighted by molar-refractivity contribution is -0.154. The van der Waals surface area contributed by atoms with E-state index >= 15 is 0 Å². The molecular weight excluding hydrogens is 420 g/mol. The van der Waals surface area contributed by atoms with Crippen LogP contribution in [-0.4, -0.2) is 54.5 Å². The van der Waals surface area contributed by atoms with Gasteiger partial charge in [-0.25, -0.2) is 0 Å². The molecule has 2 amide bonds. The summed E-state index contributed by atoms with van der Waals surface area (Å²) < 4.78 is 11.3. The van der Waals surface area contributed by atoms with Crippen LogP contribution in [0.3, 0.4) is 0 Å². The number of hydrogen-bond donors (Lipinski definition) is 1. The molecule has 0 aromatic heterocycles. The summed E-state index contributed by atoms with van der Waals surface area (Å²) in [5.74, 6) is -0.509. The Bertz CT molecular complexity index is 956. The van der Waals surface area contributed by atoms with E-state index in [1.165, 1.54) is 10.5 Å². The van der Waals surface area contributed by atoms with Gasteiger partial charge in [0.2, 0.25) is 5.91 Å². The number of piperazine rings is 1. The minimum Gasteiger partial charge on any atom is -0.480 e. The average molecular weight is 453 g/mol. The van der Waals surface area contributed by atoms with Crippen molar-refractivity contribution in [1.29, 1.82) is 0 Å². The van der Waals surface area contributed by atoms with Crippen molar-refractivity contribution in [2.24, 2.45) is 0 Å². The maximum atomic E-state index is 13.1. The van der Waals surface area contributed by atoms with Crippen LogP contribution in [-0.2, 0) is 25.5 Å². The smallest absolute Gasteiger partial charge is 0.308 e. The van der Waals surface area contributed by atoms with Crippen LogP contribution in [0.2, 0.25) is 0 Å². The van der Waals surface area contributed by atoms with Gasteiger partial charge in [0.05, 0.1) is 13.0 Å². The number of hydrogen-bond acceptors (Lipinski definition) is 5. The Labute approximate surface area is 195 Å². The molecule has 7 heteroatoms. The quantitative estimate of drug-likeness (QED) is 0.467. The number of nitrogens with zero attached hydrogens (tertiary/aromatic N) is 1. The molecule has 2 aromatic carbocycles. The zero-order valence-corrected chi connectivity index (χ0v) is 19.5. The Balaban J connectivity index is 1.56. The van der Waals surface area contributed by atoms with Gasteiger partial charge in [-0.15, -0.1) is 0 Å². The molecule has 7 nitrogen and oxygen atoms in total. The lowest BCUT2D eigenvalue weighted by atomic mass is 10.1. The number of carbonyl (C=O) groups is 3. The van der Waals surface area contributed by atoms with Crippen molar-refractivity contribution in [3.05, 3.63) is 65.2 Å². The fourth-order valence-corrected chi connectivity index (χ4v) is 3.95. The lowest BCUT2D eigenvalue weighted by Crippen LogP contribution is -2.60. The second kappa shape index (κ2) is 11.5. The Morgan fingerprint density at radius 2 is 1.79 bits per heavy atom. The van der Waals surface area contributed by atoms with E-state index in [1.807, 2.05) is 62.4 Å². The molecule has 2 atom stereocenters. The molecule has 33 heavy (non-hydrogen) atoms. The number of rotatable bonds is 9. The van der Waals surface area contributed by atoms with Gasteiger partial charge in [-0.05, 0) is 50.3 Å². The maximum Gasteiger partial charge on any atom is 0.308 e. The zero-order valence-electron chi connectivity index (χ0n) is 19.5. The summed E-state index contributed by atoms with van der Waals surface area (Å²) >= 11 is 0. The second-order valence-corrected chi connectivity index (χ2v) is 8.33. The Morgan fingerprint density at radius 3 is 2.48 bits per heavy atom. The van der Waals surface area contributed by atoms with E-state index in [-0.39, 0.29) is 24.8 Å². The highest BCUT2D eigenvalue weighted by Crippen LogP contribution is 2.24. The number of esters is 1. The van der Waals surface area contributed by atoms with Gasteiger partial charge < -0.3 is 19.7 Å². The van der Waals surface area contributed by atoms with E-state index in [1.54, 1.807) is 6.92 Å². The van der Waals surface area contributed by atoms with Crippen LogP contribution < -0.4 is 10.1 Å². The molecule has 0 radical (unpaired) electrons. The van der Waals surface area contributed by atoms with Crippen molar-refractivity contribution in [1.82, 2.24) is 10.2 Å². The topological polar surface area (TPSA) is 84.9 Å². The van der Waals surface area contributed by atoms with Crippen LogP contribution in [0.1, 0.15) is 36.5 Å².